The predicted molar refractivity (Wildman–Crippen MR) is 66.0 cm³/mol. The lowest BCUT2D eigenvalue weighted by Crippen LogP contribution is -2.02. The van der Waals surface area contributed by atoms with Gasteiger partial charge in [-0.3, -0.25) is 0 Å². The van der Waals surface area contributed by atoms with Crippen molar-refractivity contribution in [2.45, 2.75) is 43.4 Å². The summed E-state index contributed by atoms with van der Waals surface area (Å²) in [4.78, 5) is 1.19. The first-order chi connectivity index (χ1) is 8.25. The molecule has 0 radical (unpaired) electrons. The quantitative estimate of drug-likeness (QED) is 0.781. The summed E-state index contributed by atoms with van der Waals surface area (Å²) < 4.78 is 7.56. The molecule has 0 atom stereocenters. The number of furan rings is 1. The molecule has 1 saturated carbocycles. The summed E-state index contributed by atoms with van der Waals surface area (Å²) in [6.07, 6.45) is 4.26. The Kier molecular flexibility index (Phi) is 2.70. The molecule has 90 valence electrons. The van der Waals surface area contributed by atoms with E-state index in [0.717, 1.165) is 23.2 Å². The van der Waals surface area contributed by atoms with Gasteiger partial charge in [-0.2, -0.15) is 0 Å². The van der Waals surface area contributed by atoms with Gasteiger partial charge in [0.05, 0.1) is 12.0 Å². The highest BCUT2D eigenvalue weighted by molar-refractivity contribution is 7.98. The number of hydrogen-bond donors (Lipinski definition) is 0. The van der Waals surface area contributed by atoms with E-state index in [4.69, 9.17) is 4.42 Å². The van der Waals surface area contributed by atoms with E-state index in [1.165, 1.54) is 17.7 Å². The number of nitrogens with zero attached hydrogens (tertiary/aromatic N) is 3. The molecule has 17 heavy (non-hydrogen) atoms. The third-order valence-electron chi connectivity index (χ3n) is 3.02. The Morgan fingerprint density at radius 1 is 1.41 bits per heavy atom. The average molecular weight is 249 g/mol. The molecular weight excluding hydrogens is 234 g/mol. The van der Waals surface area contributed by atoms with Crippen LogP contribution in [0.3, 0.4) is 0 Å². The lowest BCUT2D eigenvalue weighted by Gasteiger charge is -2.05. The van der Waals surface area contributed by atoms with Crippen molar-refractivity contribution in [2.75, 3.05) is 0 Å². The average Bonchev–Trinajstić information content (AvgIpc) is 2.96. The highest BCUT2D eigenvalue weighted by atomic mass is 32.2. The second-order valence-corrected chi connectivity index (χ2v) is 5.41. The summed E-state index contributed by atoms with van der Waals surface area (Å²) in [5.74, 6) is 3.95. The molecule has 3 rings (SSSR count). The van der Waals surface area contributed by atoms with Crippen LogP contribution in [-0.4, -0.2) is 14.8 Å². The number of aryl methyl sites for hydroxylation is 2. The minimum absolute atomic E-state index is 0.644. The molecular formula is C12H15N3OS. The molecule has 0 N–H and O–H groups in total. The molecule has 0 bridgehead atoms. The van der Waals surface area contributed by atoms with Gasteiger partial charge in [0.2, 0.25) is 0 Å². The maximum atomic E-state index is 5.28. The van der Waals surface area contributed by atoms with Crippen LogP contribution in [0.1, 0.15) is 36.3 Å². The molecule has 2 aromatic heterocycles. The Labute approximate surface area is 104 Å². The molecule has 0 aromatic carbocycles. The molecule has 1 fully saturated rings. The van der Waals surface area contributed by atoms with Crippen molar-refractivity contribution in [1.82, 2.24) is 14.8 Å². The standard InChI is InChI=1S/C12H15N3OS/c1-8-11(5-6-16-8)17-7-12-14-13-9(2)15(12)10-3-4-10/h5-6,10H,3-4,7H2,1-2H3. The lowest BCUT2D eigenvalue weighted by molar-refractivity contribution is 0.527. The minimum atomic E-state index is 0.644. The van der Waals surface area contributed by atoms with Gasteiger partial charge < -0.3 is 8.98 Å². The minimum Gasteiger partial charge on any atom is -0.468 e. The number of hydrogen-bond acceptors (Lipinski definition) is 4. The number of rotatable bonds is 4. The molecule has 0 saturated heterocycles. The summed E-state index contributed by atoms with van der Waals surface area (Å²) in [5.41, 5.74) is 0. The number of aromatic nitrogens is 3. The molecule has 2 aromatic rings. The smallest absolute Gasteiger partial charge is 0.143 e. The van der Waals surface area contributed by atoms with Gasteiger partial charge in [-0.15, -0.1) is 22.0 Å². The summed E-state index contributed by atoms with van der Waals surface area (Å²) >= 11 is 1.76. The van der Waals surface area contributed by atoms with Crippen molar-refractivity contribution >= 4 is 11.8 Å². The molecule has 2 heterocycles. The monoisotopic (exact) mass is 249 g/mol. The van der Waals surface area contributed by atoms with Crippen LogP contribution in [-0.2, 0) is 5.75 Å². The lowest BCUT2D eigenvalue weighted by atomic mass is 10.5. The van der Waals surface area contributed by atoms with Gasteiger partial charge in [-0.1, -0.05) is 0 Å². The fourth-order valence-corrected chi connectivity index (χ4v) is 2.87. The van der Waals surface area contributed by atoms with E-state index in [9.17, 15) is 0 Å². The highest BCUT2D eigenvalue weighted by Gasteiger charge is 2.28. The van der Waals surface area contributed by atoms with Crippen molar-refractivity contribution in [3.63, 3.8) is 0 Å². The van der Waals surface area contributed by atoms with Gasteiger partial charge in [-0.05, 0) is 32.8 Å². The van der Waals surface area contributed by atoms with Gasteiger partial charge in [0.15, 0.2) is 0 Å². The van der Waals surface area contributed by atoms with E-state index in [1.807, 2.05) is 19.9 Å². The zero-order valence-electron chi connectivity index (χ0n) is 10.0. The molecule has 5 heteroatoms. The largest absolute Gasteiger partial charge is 0.468 e. The van der Waals surface area contributed by atoms with Crippen LogP contribution in [0.15, 0.2) is 21.6 Å². The Morgan fingerprint density at radius 3 is 2.88 bits per heavy atom. The van der Waals surface area contributed by atoms with E-state index in [2.05, 4.69) is 14.8 Å². The summed E-state index contributed by atoms with van der Waals surface area (Å²) in [6, 6.07) is 2.65. The molecule has 1 aliphatic carbocycles. The van der Waals surface area contributed by atoms with Gasteiger partial charge in [0, 0.05) is 10.9 Å². The Hall–Kier alpha value is -1.23. The Bertz CT molecular complexity index is 528. The summed E-state index contributed by atoms with van der Waals surface area (Å²) in [7, 11) is 0. The third-order valence-corrected chi connectivity index (χ3v) is 4.15. The normalized spacial score (nSPS) is 15.4. The van der Waals surface area contributed by atoms with Gasteiger partial charge >= 0.3 is 0 Å². The van der Waals surface area contributed by atoms with Crippen molar-refractivity contribution in [1.29, 1.82) is 0 Å². The zero-order chi connectivity index (χ0) is 11.8. The second kappa shape index (κ2) is 4.22. The van der Waals surface area contributed by atoms with Crippen LogP contribution >= 0.6 is 11.8 Å². The van der Waals surface area contributed by atoms with Crippen LogP contribution < -0.4 is 0 Å². The van der Waals surface area contributed by atoms with E-state index >= 15 is 0 Å². The van der Waals surface area contributed by atoms with Crippen LogP contribution in [0, 0.1) is 13.8 Å². The first-order valence-corrected chi connectivity index (χ1v) is 6.81. The fraction of sp³-hybridized carbons (Fsp3) is 0.500. The molecule has 0 amide bonds. The van der Waals surface area contributed by atoms with Crippen molar-refractivity contribution in [3.8, 4) is 0 Å². The Morgan fingerprint density at radius 2 is 2.24 bits per heavy atom. The van der Waals surface area contributed by atoms with Gasteiger partial charge in [-0.25, -0.2) is 0 Å². The van der Waals surface area contributed by atoms with E-state index in [-0.39, 0.29) is 0 Å². The van der Waals surface area contributed by atoms with Crippen LogP contribution in [0.4, 0.5) is 0 Å². The number of thioether (sulfide) groups is 1. The first kappa shape index (κ1) is 10.9. The van der Waals surface area contributed by atoms with Crippen LogP contribution in [0.25, 0.3) is 0 Å². The zero-order valence-corrected chi connectivity index (χ0v) is 10.8. The maximum Gasteiger partial charge on any atom is 0.143 e. The topological polar surface area (TPSA) is 43.9 Å². The molecule has 4 nitrogen and oxygen atoms in total. The predicted octanol–water partition coefficient (Wildman–Crippen LogP) is 3.12. The molecule has 0 aliphatic heterocycles. The first-order valence-electron chi connectivity index (χ1n) is 5.83. The van der Waals surface area contributed by atoms with E-state index < -0.39 is 0 Å². The molecule has 0 spiro atoms. The SMILES string of the molecule is Cc1occc1SCc1nnc(C)n1C1CC1. The van der Waals surface area contributed by atoms with Crippen LogP contribution in [0.2, 0.25) is 0 Å². The Balaban J connectivity index is 1.75. The molecule has 0 unspecified atom stereocenters. The van der Waals surface area contributed by atoms with E-state index in [0.29, 0.717) is 6.04 Å². The van der Waals surface area contributed by atoms with Gasteiger partial charge in [0.25, 0.3) is 0 Å². The summed E-state index contributed by atoms with van der Waals surface area (Å²) in [5, 5.41) is 8.44. The fourth-order valence-electron chi connectivity index (χ4n) is 1.98. The summed E-state index contributed by atoms with van der Waals surface area (Å²) in [6.45, 7) is 4.02. The maximum absolute atomic E-state index is 5.28. The van der Waals surface area contributed by atoms with Crippen molar-refractivity contribution in [3.05, 3.63) is 29.7 Å². The van der Waals surface area contributed by atoms with E-state index in [1.54, 1.807) is 18.0 Å². The third kappa shape index (κ3) is 2.11. The van der Waals surface area contributed by atoms with Crippen molar-refractivity contribution < 1.29 is 4.42 Å². The van der Waals surface area contributed by atoms with Crippen molar-refractivity contribution in [2.24, 2.45) is 0 Å². The second-order valence-electron chi connectivity index (χ2n) is 4.39. The van der Waals surface area contributed by atoms with Crippen LogP contribution in [0.5, 0.6) is 0 Å². The molecule has 1 aliphatic rings. The highest BCUT2D eigenvalue weighted by Crippen LogP contribution is 2.37. The van der Waals surface area contributed by atoms with Gasteiger partial charge in [0.1, 0.15) is 17.4 Å².